The van der Waals surface area contributed by atoms with Crippen LogP contribution in [0.3, 0.4) is 0 Å². The fourth-order valence-electron chi connectivity index (χ4n) is 3.01. The number of piperidine rings is 1. The van der Waals surface area contributed by atoms with Gasteiger partial charge in [0.15, 0.2) is 0 Å². The lowest BCUT2D eigenvalue weighted by molar-refractivity contribution is -0.139. The molecule has 1 saturated heterocycles. The van der Waals surface area contributed by atoms with E-state index in [1.54, 1.807) is 26.0 Å². The molecule has 5 amide bonds. The topological polar surface area (TPSA) is 134 Å². The summed E-state index contributed by atoms with van der Waals surface area (Å²) in [4.78, 5) is 65.6. The molecule has 1 unspecified atom stereocenters. The maximum Gasteiger partial charge on any atom is 0.289 e. The van der Waals surface area contributed by atoms with Crippen LogP contribution < -0.4 is 10.6 Å². The normalized spacial score (nSPS) is 16.3. The minimum absolute atomic E-state index is 0.0279. The van der Waals surface area contributed by atoms with Crippen molar-refractivity contribution in [2.45, 2.75) is 39.3 Å². The van der Waals surface area contributed by atoms with Crippen molar-refractivity contribution in [3.05, 3.63) is 46.7 Å². The summed E-state index contributed by atoms with van der Waals surface area (Å²) in [6.45, 7) is 6.51. The summed E-state index contributed by atoms with van der Waals surface area (Å²) in [6, 6.07) is 3.78. The molecule has 2 rings (SSSR count). The second-order valence-corrected chi connectivity index (χ2v) is 6.43. The van der Waals surface area contributed by atoms with Crippen LogP contribution in [0, 0.1) is 6.92 Å². The Morgan fingerprint density at radius 2 is 2.13 bits per heavy atom. The number of allylic oxidation sites excluding steroid dienone is 1. The lowest BCUT2D eigenvalue weighted by Gasteiger charge is -2.29. The van der Waals surface area contributed by atoms with E-state index in [1.807, 2.05) is 0 Å². The van der Waals surface area contributed by atoms with Crippen molar-refractivity contribution in [2.75, 3.05) is 0 Å². The van der Waals surface area contributed by atoms with Gasteiger partial charge in [-0.3, -0.25) is 34.2 Å². The average molecular weight is 414 g/mol. The zero-order valence-electron chi connectivity index (χ0n) is 16.6. The molecule has 0 saturated carbocycles. The number of hydrogen-bond acceptors (Lipinski definition) is 7. The monoisotopic (exact) mass is 414 g/mol. The Morgan fingerprint density at radius 1 is 1.40 bits per heavy atom. The number of oxime groups is 1. The molecule has 1 atom stereocenters. The summed E-state index contributed by atoms with van der Waals surface area (Å²) < 4.78 is 0. The van der Waals surface area contributed by atoms with Gasteiger partial charge in [-0.05, 0) is 43.5 Å². The molecule has 1 aliphatic heterocycles. The molecule has 158 valence electrons. The van der Waals surface area contributed by atoms with Crippen molar-refractivity contribution in [3.8, 4) is 0 Å². The second kappa shape index (κ2) is 10.1. The summed E-state index contributed by atoms with van der Waals surface area (Å²) in [5, 5.41) is 7.98. The highest BCUT2D eigenvalue weighted by Crippen LogP contribution is 2.19. The minimum atomic E-state index is -1.06. The summed E-state index contributed by atoms with van der Waals surface area (Å²) in [5.41, 5.74) is 1.37. The number of benzene rings is 1. The van der Waals surface area contributed by atoms with Crippen LogP contribution in [0.1, 0.15) is 41.3 Å². The predicted octanol–water partition coefficient (Wildman–Crippen LogP) is 0.551. The zero-order valence-corrected chi connectivity index (χ0v) is 16.6. The van der Waals surface area contributed by atoms with E-state index in [9.17, 15) is 24.0 Å². The Balaban J connectivity index is 2.20. The van der Waals surface area contributed by atoms with Gasteiger partial charge in [-0.15, -0.1) is 0 Å². The number of rotatable bonds is 8. The fourth-order valence-corrected chi connectivity index (χ4v) is 3.01. The van der Waals surface area contributed by atoms with E-state index in [0.717, 1.165) is 4.90 Å². The Bertz CT molecular complexity index is 924. The van der Waals surface area contributed by atoms with Crippen LogP contribution in [-0.4, -0.2) is 47.7 Å². The molecule has 0 aromatic heterocycles. The molecule has 0 bridgehead atoms. The molecular weight excluding hydrogens is 392 g/mol. The molecule has 10 heteroatoms. The zero-order chi connectivity index (χ0) is 22.3. The standard InChI is InChI=1S/C20H22N4O6/c1-4-16(30-21-3)19(28)22-10-13-6-5-7-14(12(13)2)20(29)24(11-25)15-8-9-17(26)23-18(15)27/h4-7,11,15H,3,8-10H2,1-2H3,(H,22,28)(H,23,26,27)/b16-4-. The highest BCUT2D eigenvalue weighted by molar-refractivity contribution is 6.07. The van der Waals surface area contributed by atoms with Crippen LogP contribution in [0.5, 0.6) is 0 Å². The van der Waals surface area contributed by atoms with Gasteiger partial charge in [-0.2, -0.15) is 0 Å². The number of imide groups is 2. The van der Waals surface area contributed by atoms with Gasteiger partial charge >= 0.3 is 0 Å². The minimum Gasteiger partial charge on any atom is -0.352 e. The molecule has 0 radical (unpaired) electrons. The van der Waals surface area contributed by atoms with E-state index in [4.69, 9.17) is 4.84 Å². The molecule has 1 aromatic rings. The molecule has 10 nitrogen and oxygen atoms in total. The SMILES string of the molecule is C=NO/C(=C\C)C(=O)NCc1cccc(C(=O)N(C=O)C2CCC(=O)NC2=O)c1C. The average Bonchev–Trinajstić information content (AvgIpc) is 2.72. The summed E-state index contributed by atoms with van der Waals surface area (Å²) in [6.07, 6.45) is 1.81. The van der Waals surface area contributed by atoms with E-state index < -0.39 is 29.7 Å². The molecule has 30 heavy (non-hydrogen) atoms. The number of nitrogens with one attached hydrogen (secondary N) is 2. The fraction of sp³-hybridized carbons (Fsp3) is 0.300. The maximum absolute atomic E-state index is 12.9. The Labute approximate surface area is 172 Å². The van der Waals surface area contributed by atoms with Gasteiger partial charge in [-0.25, -0.2) is 0 Å². The first-order valence-electron chi connectivity index (χ1n) is 9.11. The van der Waals surface area contributed by atoms with Crippen molar-refractivity contribution in [2.24, 2.45) is 5.16 Å². The Kier molecular flexibility index (Phi) is 7.56. The third kappa shape index (κ3) is 4.96. The van der Waals surface area contributed by atoms with Gasteiger partial charge in [0.05, 0.1) is 0 Å². The first-order valence-corrected chi connectivity index (χ1v) is 9.11. The van der Waals surface area contributed by atoms with Crippen molar-refractivity contribution >= 4 is 36.8 Å². The van der Waals surface area contributed by atoms with Gasteiger partial charge < -0.3 is 10.2 Å². The highest BCUT2D eigenvalue weighted by atomic mass is 16.6. The van der Waals surface area contributed by atoms with Crippen LogP contribution in [0.15, 0.2) is 35.2 Å². The molecule has 1 fully saturated rings. The first kappa shape index (κ1) is 22.5. The highest BCUT2D eigenvalue weighted by Gasteiger charge is 2.35. The van der Waals surface area contributed by atoms with E-state index in [1.165, 1.54) is 12.1 Å². The van der Waals surface area contributed by atoms with Gasteiger partial charge in [0.1, 0.15) is 6.04 Å². The first-order chi connectivity index (χ1) is 14.3. The second-order valence-electron chi connectivity index (χ2n) is 6.43. The largest absolute Gasteiger partial charge is 0.352 e. The van der Waals surface area contributed by atoms with Crippen molar-refractivity contribution in [1.82, 2.24) is 15.5 Å². The van der Waals surface area contributed by atoms with E-state index in [-0.39, 0.29) is 37.1 Å². The lowest BCUT2D eigenvalue weighted by Crippen LogP contribution is -2.54. The summed E-state index contributed by atoms with van der Waals surface area (Å²) >= 11 is 0. The van der Waals surface area contributed by atoms with Crippen molar-refractivity contribution in [1.29, 1.82) is 0 Å². The molecule has 0 spiro atoms. The third-order valence-corrected chi connectivity index (χ3v) is 4.66. The number of amides is 5. The smallest absolute Gasteiger partial charge is 0.289 e. The Hall–Kier alpha value is -3.82. The predicted molar refractivity (Wildman–Crippen MR) is 106 cm³/mol. The third-order valence-electron chi connectivity index (χ3n) is 4.66. The number of nitrogens with zero attached hydrogens (tertiary/aromatic N) is 2. The number of hydrogen-bond donors (Lipinski definition) is 2. The molecule has 0 aliphatic carbocycles. The Morgan fingerprint density at radius 3 is 2.73 bits per heavy atom. The number of carbonyl (C=O) groups is 5. The molecule has 1 heterocycles. The van der Waals surface area contributed by atoms with Gasteiger partial charge in [0, 0.05) is 25.2 Å². The number of carbonyl (C=O) groups excluding carboxylic acids is 5. The van der Waals surface area contributed by atoms with Crippen LogP contribution in [0.2, 0.25) is 0 Å². The van der Waals surface area contributed by atoms with Crippen LogP contribution in [0.25, 0.3) is 0 Å². The van der Waals surface area contributed by atoms with Crippen molar-refractivity contribution < 1.29 is 28.8 Å². The summed E-state index contributed by atoms with van der Waals surface area (Å²) in [5.74, 6) is -2.35. The van der Waals surface area contributed by atoms with Crippen LogP contribution in [0.4, 0.5) is 0 Å². The molecule has 1 aromatic carbocycles. The van der Waals surface area contributed by atoms with E-state index >= 15 is 0 Å². The lowest BCUT2D eigenvalue weighted by atomic mass is 9.99. The molecule has 1 aliphatic rings. The molecular formula is C20H22N4O6. The maximum atomic E-state index is 12.9. The van der Waals surface area contributed by atoms with E-state index in [2.05, 4.69) is 22.5 Å². The van der Waals surface area contributed by atoms with Gasteiger partial charge in [0.25, 0.3) is 11.8 Å². The van der Waals surface area contributed by atoms with Crippen LogP contribution in [-0.2, 0) is 30.6 Å². The van der Waals surface area contributed by atoms with Gasteiger partial charge in [0.2, 0.25) is 24.0 Å². The quantitative estimate of drug-likeness (QED) is 0.159. The van der Waals surface area contributed by atoms with Gasteiger partial charge in [-0.1, -0.05) is 17.3 Å². The van der Waals surface area contributed by atoms with Crippen LogP contribution >= 0.6 is 0 Å². The summed E-state index contributed by atoms with van der Waals surface area (Å²) in [7, 11) is 0. The van der Waals surface area contributed by atoms with E-state index in [0.29, 0.717) is 11.1 Å². The molecule has 2 N–H and O–H groups in total. The van der Waals surface area contributed by atoms with Crippen molar-refractivity contribution in [3.63, 3.8) is 0 Å².